The van der Waals surface area contributed by atoms with Crippen LogP contribution in [-0.4, -0.2) is 53.7 Å². The minimum absolute atomic E-state index is 0.197. The van der Waals surface area contributed by atoms with E-state index in [0.717, 1.165) is 69.3 Å². The Morgan fingerprint density at radius 1 is 1.02 bits per heavy atom. The number of ether oxygens (including phenoxy) is 2. The molecule has 1 unspecified atom stereocenters. The van der Waals surface area contributed by atoms with E-state index in [9.17, 15) is 4.79 Å². The Bertz CT molecular complexity index is 1230. The van der Waals surface area contributed by atoms with Crippen molar-refractivity contribution in [3.05, 3.63) is 62.9 Å². The van der Waals surface area contributed by atoms with Crippen molar-refractivity contribution < 1.29 is 18.7 Å². The minimum atomic E-state index is -0.537. The van der Waals surface area contributed by atoms with Gasteiger partial charge in [-0.05, 0) is 121 Å². The molecule has 1 saturated carbocycles. The second-order valence-electron chi connectivity index (χ2n) is 13.1. The lowest BCUT2D eigenvalue weighted by Crippen LogP contribution is -2.40. The summed E-state index contributed by atoms with van der Waals surface area (Å²) in [5.74, 6) is 0.962. The maximum Gasteiger partial charge on any atom is 0.323 e. The van der Waals surface area contributed by atoms with E-state index in [2.05, 4.69) is 16.7 Å². The number of rotatable bonds is 9. The zero-order chi connectivity index (χ0) is 29.3. The number of benzene rings is 2. The average Bonchev–Trinajstić information content (AvgIpc) is 3.64. The smallest absolute Gasteiger partial charge is 0.323 e. The van der Waals surface area contributed by atoms with E-state index < -0.39 is 5.60 Å². The van der Waals surface area contributed by atoms with E-state index in [0.29, 0.717) is 46.3 Å². The lowest BCUT2D eigenvalue weighted by molar-refractivity contribution is -0.160. The fraction of sp³-hybridized carbons (Fsp3) is 0.606. The van der Waals surface area contributed by atoms with Gasteiger partial charge in [-0.2, -0.15) is 0 Å². The van der Waals surface area contributed by atoms with Crippen LogP contribution in [0.15, 0.2) is 30.3 Å². The molecule has 0 bridgehead atoms. The van der Waals surface area contributed by atoms with Gasteiger partial charge in [0, 0.05) is 46.7 Å². The summed E-state index contributed by atoms with van der Waals surface area (Å²) < 4.78 is 27.5. The Kier molecular flexibility index (Phi) is 9.54. The summed E-state index contributed by atoms with van der Waals surface area (Å²) in [6.45, 7) is 11.5. The SMILES string of the molecule is CC(c1cc(Cl)cc(Cl)c1)N1CCC[C@H](COc2cc(F)c(CN3CCC[C@H]3C(=O)OC(C)(C)C)cc2C2CC2)C1. The molecule has 3 aliphatic rings. The van der Waals surface area contributed by atoms with Gasteiger partial charge in [-0.3, -0.25) is 14.6 Å². The maximum absolute atomic E-state index is 15.5. The van der Waals surface area contributed by atoms with E-state index >= 15 is 4.39 Å². The standard InChI is InChI=1S/C33H43Cl2FN2O3/c1-21(24-13-26(34)16-27(35)14-24)37-11-5-7-22(18-37)20-40-31-17-29(36)25(15-28(31)23-9-10-23)19-38-12-6-8-30(38)32(39)41-33(2,3)4/h13-17,21-23,30H,5-12,18-20H2,1-4H3/t21?,22-,30-/m0/s1. The Hall–Kier alpha value is -1.86. The van der Waals surface area contributed by atoms with E-state index in [1.807, 2.05) is 39.0 Å². The van der Waals surface area contributed by atoms with Crippen LogP contribution >= 0.6 is 23.2 Å². The van der Waals surface area contributed by atoms with Crippen LogP contribution in [-0.2, 0) is 16.1 Å². The molecule has 0 N–H and O–H groups in total. The van der Waals surface area contributed by atoms with Gasteiger partial charge in [-0.15, -0.1) is 0 Å². The summed E-state index contributed by atoms with van der Waals surface area (Å²) >= 11 is 12.5. The van der Waals surface area contributed by atoms with Crippen molar-refractivity contribution in [3.8, 4) is 5.75 Å². The van der Waals surface area contributed by atoms with Crippen LogP contribution in [0.25, 0.3) is 0 Å². The lowest BCUT2D eigenvalue weighted by Gasteiger charge is -2.37. The third-order valence-corrected chi connectivity index (χ3v) is 8.99. The van der Waals surface area contributed by atoms with Crippen molar-refractivity contribution in [3.63, 3.8) is 0 Å². The number of esters is 1. The Balaban J connectivity index is 1.24. The molecule has 3 atom stereocenters. The largest absolute Gasteiger partial charge is 0.493 e. The van der Waals surface area contributed by atoms with Crippen LogP contribution in [0.2, 0.25) is 10.0 Å². The first-order valence-electron chi connectivity index (χ1n) is 15.1. The quantitative estimate of drug-likeness (QED) is 0.270. The first-order chi connectivity index (χ1) is 19.5. The molecule has 0 amide bonds. The highest BCUT2D eigenvalue weighted by molar-refractivity contribution is 6.34. The fourth-order valence-corrected chi connectivity index (χ4v) is 6.81. The second kappa shape index (κ2) is 12.8. The molecule has 224 valence electrons. The Morgan fingerprint density at radius 3 is 2.41 bits per heavy atom. The molecule has 0 radical (unpaired) electrons. The number of carbonyl (C=O) groups is 1. The molecule has 0 spiro atoms. The van der Waals surface area contributed by atoms with Gasteiger partial charge < -0.3 is 9.47 Å². The summed E-state index contributed by atoms with van der Waals surface area (Å²) in [6.07, 6.45) is 6.02. The van der Waals surface area contributed by atoms with Crippen LogP contribution in [0, 0.1) is 11.7 Å². The van der Waals surface area contributed by atoms with Gasteiger partial charge in [0.2, 0.25) is 0 Å². The van der Waals surface area contributed by atoms with Crippen molar-refractivity contribution in [1.82, 2.24) is 9.80 Å². The predicted molar refractivity (Wildman–Crippen MR) is 162 cm³/mol. The van der Waals surface area contributed by atoms with Crippen LogP contribution in [0.3, 0.4) is 0 Å². The molecule has 2 heterocycles. The van der Waals surface area contributed by atoms with Crippen molar-refractivity contribution in [2.45, 2.75) is 96.4 Å². The number of carbonyl (C=O) groups excluding carboxylic acids is 1. The molecular weight excluding hydrogens is 562 g/mol. The van der Waals surface area contributed by atoms with Crippen molar-refractivity contribution in [2.24, 2.45) is 5.92 Å². The molecular formula is C33H43Cl2FN2O3. The van der Waals surface area contributed by atoms with Crippen LogP contribution < -0.4 is 4.74 Å². The fourth-order valence-electron chi connectivity index (χ4n) is 6.27. The molecule has 5 nitrogen and oxygen atoms in total. The maximum atomic E-state index is 15.5. The number of likely N-dealkylation sites (tertiary alicyclic amines) is 2. The van der Waals surface area contributed by atoms with Crippen LogP contribution in [0.1, 0.15) is 94.9 Å². The molecule has 5 rings (SSSR count). The first-order valence-corrected chi connectivity index (χ1v) is 15.8. The van der Waals surface area contributed by atoms with Gasteiger partial charge in [-0.25, -0.2) is 4.39 Å². The summed E-state index contributed by atoms with van der Waals surface area (Å²) in [6, 6.07) is 9.18. The van der Waals surface area contributed by atoms with Gasteiger partial charge >= 0.3 is 5.97 Å². The highest BCUT2D eigenvalue weighted by atomic mass is 35.5. The molecule has 8 heteroatoms. The van der Waals surface area contributed by atoms with Crippen molar-refractivity contribution in [1.29, 1.82) is 0 Å². The number of nitrogens with zero attached hydrogens (tertiary/aromatic N) is 2. The molecule has 2 saturated heterocycles. The monoisotopic (exact) mass is 604 g/mol. The molecule has 2 aromatic rings. The van der Waals surface area contributed by atoms with Crippen LogP contribution in [0.5, 0.6) is 5.75 Å². The van der Waals surface area contributed by atoms with Gasteiger partial charge in [0.15, 0.2) is 0 Å². The summed E-state index contributed by atoms with van der Waals surface area (Å²) in [5, 5.41) is 1.30. The number of hydrogen-bond acceptors (Lipinski definition) is 5. The van der Waals surface area contributed by atoms with Gasteiger partial charge in [0.05, 0.1) is 6.61 Å². The Labute approximate surface area is 254 Å². The summed E-state index contributed by atoms with van der Waals surface area (Å²) in [5.41, 5.74) is 2.31. The van der Waals surface area contributed by atoms with Crippen molar-refractivity contribution >= 4 is 29.2 Å². The van der Waals surface area contributed by atoms with E-state index in [4.69, 9.17) is 32.7 Å². The number of piperidine rings is 1. The molecule has 3 fully saturated rings. The lowest BCUT2D eigenvalue weighted by atomic mass is 9.95. The van der Waals surface area contributed by atoms with E-state index in [1.165, 1.54) is 0 Å². The van der Waals surface area contributed by atoms with Crippen molar-refractivity contribution in [2.75, 3.05) is 26.2 Å². The van der Waals surface area contributed by atoms with E-state index in [1.54, 1.807) is 12.1 Å². The topological polar surface area (TPSA) is 42.0 Å². The third kappa shape index (κ3) is 7.95. The van der Waals surface area contributed by atoms with Gasteiger partial charge in [0.25, 0.3) is 0 Å². The predicted octanol–water partition coefficient (Wildman–Crippen LogP) is 8.17. The molecule has 1 aliphatic carbocycles. The average molecular weight is 606 g/mol. The van der Waals surface area contributed by atoms with Gasteiger partial charge in [0.1, 0.15) is 23.2 Å². The number of halogens is 3. The number of hydrogen-bond donors (Lipinski definition) is 0. The highest BCUT2D eigenvalue weighted by Crippen LogP contribution is 2.45. The van der Waals surface area contributed by atoms with Gasteiger partial charge in [-0.1, -0.05) is 23.2 Å². The normalized spacial score (nSPS) is 23.0. The van der Waals surface area contributed by atoms with Crippen LogP contribution in [0.4, 0.5) is 4.39 Å². The summed E-state index contributed by atoms with van der Waals surface area (Å²) in [7, 11) is 0. The molecule has 2 aromatic carbocycles. The third-order valence-electron chi connectivity index (χ3n) is 8.55. The minimum Gasteiger partial charge on any atom is -0.493 e. The first kappa shape index (κ1) is 30.6. The van der Waals surface area contributed by atoms with E-state index in [-0.39, 0.29) is 23.9 Å². The summed E-state index contributed by atoms with van der Waals surface area (Å²) in [4.78, 5) is 17.3. The zero-order valence-electron chi connectivity index (χ0n) is 24.7. The highest BCUT2D eigenvalue weighted by Gasteiger charge is 2.35. The molecule has 41 heavy (non-hydrogen) atoms. The Morgan fingerprint density at radius 2 is 1.73 bits per heavy atom. The second-order valence-corrected chi connectivity index (χ2v) is 14.0. The zero-order valence-corrected chi connectivity index (χ0v) is 26.2. The molecule has 2 aliphatic heterocycles. The molecule has 0 aromatic heterocycles.